The minimum Gasteiger partial charge on any atom is -0.490 e. The summed E-state index contributed by atoms with van der Waals surface area (Å²) >= 11 is 5.92. The zero-order valence-electron chi connectivity index (χ0n) is 25.5. The Morgan fingerprint density at radius 1 is 0.905 bits per heavy atom. The van der Waals surface area contributed by atoms with E-state index in [0.717, 1.165) is 67.5 Å². The van der Waals surface area contributed by atoms with Gasteiger partial charge < -0.3 is 14.4 Å². The summed E-state index contributed by atoms with van der Waals surface area (Å²) in [5, 5.41) is 0. The van der Waals surface area contributed by atoms with Crippen LogP contribution in [0.15, 0.2) is 63.4 Å². The van der Waals surface area contributed by atoms with Gasteiger partial charge in [-0.2, -0.15) is 0 Å². The molecule has 0 aromatic heterocycles. The number of rotatable bonds is 8. The predicted molar refractivity (Wildman–Crippen MR) is 179 cm³/mol. The number of ether oxygens (including phenoxy) is 2. The molecule has 0 bridgehead atoms. The molecule has 0 saturated heterocycles. The fraction of sp³-hybridized carbons (Fsp3) is 0.486. The molecule has 0 atom stereocenters. The van der Waals surface area contributed by atoms with Crippen molar-refractivity contribution in [3.05, 3.63) is 78.1 Å². The summed E-state index contributed by atoms with van der Waals surface area (Å²) in [6, 6.07) is 12.1. The average Bonchev–Trinajstić information content (AvgIpc) is 2.88. The van der Waals surface area contributed by atoms with Gasteiger partial charge in [0.05, 0.1) is 10.2 Å². The Morgan fingerprint density at radius 3 is 2.05 bits per heavy atom. The van der Waals surface area contributed by atoms with Crippen LogP contribution in [0.2, 0.25) is 0 Å². The van der Waals surface area contributed by atoms with Crippen molar-refractivity contribution in [2.24, 2.45) is 10.8 Å². The maximum absolute atomic E-state index is 14.1. The third kappa shape index (κ3) is 6.10. The summed E-state index contributed by atoms with van der Waals surface area (Å²) in [7, 11) is 0. The van der Waals surface area contributed by atoms with Crippen molar-refractivity contribution in [1.82, 2.24) is 4.90 Å². The van der Waals surface area contributed by atoms with Gasteiger partial charge in [0, 0.05) is 57.9 Å². The second-order valence-corrected chi connectivity index (χ2v) is 15.3. The van der Waals surface area contributed by atoms with Crippen molar-refractivity contribution in [1.29, 1.82) is 0 Å². The molecular weight excluding hydrogens is 705 g/mol. The van der Waals surface area contributed by atoms with Gasteiger partial charge in [-0.05, 0) is 83.4 Å². The number of nitrogens with zero attached hydrogens (tertiary/aromatic N) is 1. The highest BCUT2D eigenvalue weighted by molar-refractivity contribution is 14.1. The van der Waals surface area contributed by atoms with Gasteiger partial charge in [-0.3, -0.25) is 9.59 Å². The molecule has 0 fully saturated rings. The minimum atomic E-state index is -0.402. The van der Waals surface area contributed by atoms with Crippen molar-refractivity contribution in [2.45, 2.75) is 86.2 Å². The summed E-state index contributed by atoms with van der Waals surface area (Å²) in [6.45, 7) is 14.5. The van der Waals surface area contributed by atoms with Crippen molar-refractivity contribution >= 4 is 50.1 Å². The van der Waals surface area contributed by atoms with E-state index >= 15 is 0 Å². The summed E-state index contributed by atoms with van der Waals surface area (Å²) < 4.78 is 14.4. The highest BCUT2D eigenvalue weighted by Gasteiger charge is 2.49. The standard InChI is InChI=1S/C35H41BrINO4/c1-7-13-38-25-16-34(3,4)18-27(39)31(25)30(32-26(38)17-35(5,6)19-28(32)40)22-14-24(37)33(29(15-22)41-8-2)42-20-21-11-9-10-12-23(21)36/h9-12,14-15,30H,7-8,13,16-20H2,1-6H3. The van der Waals surface area contributed by atoms with E-state index in [1.54, 1.807) is 0 Å². The van der Waals surface area contributed by atoms with Crippen LogP contribution in [0.5, 0.6) is 11.5 Å². The van der Waals surface area contributed by atoms with Gasteiger partial charge in [-0.25, -0.2) is 0 Å². The first-order valence-electron chi connectivity index (χ1n) is 15.0. The van der Waals surface area contributed by atoms with Gasteiger partial charge in [0.15, 0.2) is 23.1 Å². The molecule has 0 N–H and O–H groups in total. The van der Waals surface area contributed by atoms with Gasteiger partial charge in [-0.15, -0.1) is 0 Å². The van der Waals surface area contributed by atoms with Crippen LogP contribution in [-0.2, 0) is 16.2 Å². The first kappa shape index (κ1) is 31.3. The van der Waals surface area contributed by atoms with E-state index in [9.17, 15) is 9.59 Å². The molecule has 42 heavy (non-hydrogen) atoms. The predicted octanol–water partition coefficient (Wildman–Crippen LogP) is 9.13. The van der Waals surface area contributed by atoms with Crippen LogP contribution in [0.1, 0.15) is 90.7 Å². The number of hydrogen-bond donors (Lipinski definition) is 0. The molecule has 3 aliphatic rings. The molecule has 0 saturated carbocycles. The third-order valence-electron chi connectivity index (χ3n) is 8.46. The molecule has 0 radical (unpaired) electrons. The molecule has 5 nitrogen and oxygen atoms in total. The van der Waals surface area contributed by atoms with E-state index in [-0.39, 0.29) is 22.4 Å². The first-order chi connectivity index (χ1) is 19.9. The fourth-order valence-corrected chi connectivity index (χ4v) is 7.98. The van der Waals surface area contributed by atoms with Crippen molar-refractivity contribution in [3.63, 3.8) is 0 Å². The van der Waals surface area contributed by atoms with Crippen LogP contribution in [0.3, 0.4) is 0 Å². The Bertz CT molecular complexity index is 1430. The number of ketones is 2. The molecule has 0 spiro atoms. The average molecular weight is 747 g/mol. The molecule has 0 unspecified atom stereocenters. The lowest BCUT2D eigenvalue weighted by molar-refractivity contribution is -0.119. The quantitative estimate of drug-likeness (QED) is 0.253. The fourth-order valence-electron chi connectivity index (χ4n) is 6.80. The Hall–Kier alpha value is -2.13. The van der Waals surface area contributed by atoms with Crippen molar-refractivity contribution in [3.8, 4) is 11.5 Å². The van der Waals surface area contributed by atoms with E-state index in [1.165, 1.54) is 0 Å². The topological polar surface area (TPSA) is 55.8 Å². The molecular formula is C35H41BrINO4. The van der Waals surface area contributed by atoms with Crippen LogP contribution in [0.4, 0.5) is 0 Å². The van der Waals surface area contributed by atoms with E-state index in [2.05, 4.69) is 84.1 Å². The van der Waals surface area contributed by atoms with E-state index in [1.807, 2.05) is 37.3 Å². The normalized spacial score (nSPS) is 20.0. The lowest BCUT2D eigenvalue weighted by Crippen LogP contribution is -2.44. The summed E-state index contributed by atoms with van der Waals surface area (Å²) in [5.41, 5.74) is 5.51. The number of allylic oxidation sites excluding steroid dienone is 4. The van der Waals surface area contributed by atoms with Crippen LogP contribution in [0, 0.1) is 14.4 Å². The van der Waals surface area contributed by atoms with Crippen LogP contribution in [0.25, 0.3) is 0 Å². The molecule has 5 rings (SSSR count). The molecule has 7 heteroatoms. The molecule has 2 aromatic rings. The second-order valence-electron chi connectivity index (χ2n) is 13.3. The Kier molecular flexibility index (Phi) is 9.02. The summed E-state index contributed by atoms with van der Waals surface area (Å²) in [6.07, 6.45) is 3.54. The monoisotopic (exact) mass is 745 g/mol. The molecule has 224 valence electrons. The van der Waals surface area contributed by atoms with Gasteiger partial charge in [-0.1, -0.05) is 68.7 Å². The van der Waals surface area contributed by atoms with Gasteiger partial charge in [0.2, 0.25) is 0 Å². The first-order valence-corrected chi connectivity index (χ1v) is 16.9. The maximum atomic E-state index is 14.1. The second kappa shape index (κ2) is 12.1. The molecule has 0 amide bonds. The van der Waals surface area contributed by atoms with Gasteiger partial charge in [0.1, 0.15) is 6.61 Å². The van der Waals surface area contributed by atoms with E-state index < -0.39 is 5.92 Å². The minimum absolute atomic E-state index is 0.132. The number of halogens is 2. The van der Waals surface area contributed by atoms with E-state index in [4.69, 9.17) is 9.47 Å². The molecule has 2 aromatic carbocycles. The molecule has 1 aliphatic heterocycles. The Morgan fingerprint density at radius 2 is 1.50 bits per heavy atom. The lowest BCUT2D eigenvalue weighted by Gasteiger charge is -2.49. The maximum Gasteiger partial charge on any atom is 0.174 e. The highest BCUT2D eigenvalue weighted by atomic mass is 127. The lowest BCUT2D eigenvalue weighted by atomic mass is 9.63. The highest BCUT2D eigenvalue weighted by Crippen LogP contribution is 2.55. The third-order valence-corrected chi connectivity index (χ3v) is 10.0. The van der Waals surface area contributed by atoms with Gasteiger partial charge in [0.25, 0.3) is 0 Å². The van der Waals surface area contributed by atoms with Gasteiger partial charge >= 0.3 is 0 Å². The van der Waals surface area contributed by atoms with Crippen molar-refractivity contribution in [2.75, 3.05) is 13.2 Å². The van der Waals surface area contributed by atoms with Crippen LogP contribution in [-0.4, -0.2) is 29.6 Å². The number of carbonyl (C=O) groups excluding carboxylic acids is 2. The number of Topliss-reactive ketones (excluding diaryl/α,β-unsaturated/α-hetero) is 2. The summed E-state index contributed by atoms with van der Waals surface area (Å²) in [5.74, 6) is 1.22. The van der Waals surface area contributed by atoms with Crippen LogP contribution < -0.4 is 9.47 Å². The largest absolute Gasteiger partial charge is 0.490 e. The zero-order valence-corrected chi connectivity index (χ0v) is 29.3. The summed E-state index contributed by atoms with van der Waals surface area (Å²) in [4.78, 5) is 30.5. The molecule has 2 aliphatic carbocycles. The Labute approximate surface area is 272 Å². The Balaban J connectivity index is 1.67. The molecule has 1 heterocycles. The SMILES string of the molecule is CCCN1C2=C(C(=O)CC(C)(C)C2)C(c2cc(I)c(OCc3ccccc3Br)c(OCC)c2)C2=C1CC(C)(C)CC2=O. The number of benzene rings is 2. The smallest absolute Gasteiger partial charge is 0.174 e. The number of carbonyl (C=O) groups is 2. The van der Waals surface area contributed by atoms with Crippen molar-refractivity contribution < 1.29 is 19.1 Å². The zero-order chi connectivity index (χ0) is 30.4. The van der Waals surface area contributed by atoms with E-state index in [0.29, 0.717) is 37.6 Å². The van der Waals surface area contributed by atoms with Crippen LogP contribution >= 0.6 is 38.5 Å². The number of hydrogen-bond acceptors (Lipinski definition) is 5.